The van der Waals surface area contributed by atoms with Gasteiger partial charge in [0.2, 0.25) is 0 Å². The van der Waals surface area contributed by atoms with Crippen molar-refractivity contribution in [2.75, 3.05) is 0 Å². The number of amides is 1. The Hall–Kier alpha value is -3.79. The Bertz CT molecular complexity index is 1220. The van der Waals surface area contributed by atoms with E-state index >= 15 is 0 Å². The van der Waals surface area contributed by atoms with Crippen molar-refractivity contribution in [2.45, 2.75) is 25.6 Å². The molecule has 0 aliphatic heterocycles. The van der Waals surface area contributed by atoms with Crippen LogP contribution in [0, 0.1) is 11.8 Å². The van der Waals surface area contributed by atoms with Gasteiger partial charge in [0.1, 0.15) is 5.54 Å². The summed E-state index contributed by atoms with van der Waals surface area (Å²) in [6, 6.07) is 14.9. The van der Waals surface area contributed by atoms with Crippen molar-refractivity contribution in [3.8, 4) is 11.8 Å². The summed E-state index contributed by atoms with van der Waals surface area (Å²) >= 11 is 0. The van der Waals surface area contributed by atoms with Crippen LogP contribution in [0.1, 0.15) is 40.9 Å². The quantitative estimate of drug-likeness (QED) is 0.590. The van der Waals surface area contributed by atoms with Gasteiger partial charge in [0, 0.05) is 11.1 Å². The summed E-state index contributed by atoms with van der Waals surface area (Å²) in [7, 11) is 0. The molecule has 0 aromatic heterocycles. The van der Waals surface area contributed by atoms with E-state index in [0.29, 0.717) is 16.5 Å². The zero-order valence-electron chi connectivity index (χ0n) is 16.7. The minimum Gasteiger partial charge on any atom is -0.480 e. The first-order valence-corrected chi connectivity index (χ1v) is 9.26. The summed E-state index contributed by atoms with van der Waals surface area (Å²) in [5, 5.41) is 13.2. The van der Waals surface area contributed by atoms with E-state index in [2.05, 4.69) is 17.2 Å². The second-order valence-electron chi connectivity index (χ2n) is 7.42. The number of hydrogen-bond donors (Lipinski definition) is 2. The van der Waals surface area contributed by atoms with Crippen LogP contribution in [0.15, 0.2) is 60.7 Å². The molecule has 3 aromatic carbocycles. The lowest BCUT2D eigenvalue weighted by atomic mass is 9.97. The standard InChI is InChI=1S/C24H18F3NO3/c1-23(2,22(30)31)28-21(29)20-14-10-16-5-3-4-6-18(16)19(20)13-9-15-7-11-17(12-8-15)24(25,26)27/h3-8,10-12,14H,1-2H3,(H,28,29)(H,30,31). The van der Waals surface area contributed by atoms with Gasteiger partial charge >= 0.3 is 12.1 Å². The average molecular weight is 425 g/mol. The van der Waals surface area contributed by atoms with E-state index in [0.717, 1.165) is 17.5 Å². The van der Waals surface area contributed by atoms with Gasteiger partial charge in [-0.05, 0) is 55.0 Å². The lowest BCUT2D eigenvalue weighted by molar-refractivity contribution is -0.143. The van der Waals surface area contributed by atoms with Crippen molar-refractivity contribution in [1.29, 1.82) is 0 Å². The van der Waals surface area contributed by atoms with Crippen molar-refractivity contribution in [2.24, 2.45) is 0 Å². The summed E-state index contributed by atoms with van der Waals surface area (Å²) in [5.74, 6) is 3.87. The predicted molar refractivity (Wildman–Crippen MR) is 111 cm³/mol. The molecular formula is C24H18F3NO3. The monoisotopic (exact) mass is 425 g/mol. The number of carbonyl (C=O) groups excluding carboxylic acids is 1. The average Bonchev–Trinajstić information content (AvgIpc) is 2.71. The number of alkyl halides is 3. The van der Waals surface area contributed by atoms with Crippen molar-refractivity contribution < 1.29 is 27.9 Å². The molecule has 0 aliphatic rings. The lowest BCUT2D eigenvalue weighted by Crippen LogP contribution is -2.49. The van der Waals surface area contributed by atoms with Crippen LogP contribution < -0.4 is 5.32 Å². The number of hydrogen-bond acceptors (Lipinski definition) is 2. The highest BCUT2D eigenvalue weighted by molar-refractivity contribution is 6.04. The molecule has 0 unspecified atom stereocenters. The third-order valence-electron chi connectivity index (χ3n) is 4.68. The second kappa shape index (κ2) is 8.15. The van der Waals surface area contributed by atoms with Crippen LogP contribution in [0.5, 0.6) is 0 Å². The molecule has 0 atom stereocenters. The van der Waals surface area contributed by atoms with Gasteiger partial charge in [-0.1, -0.05) is 42.2 Å². The molecular weight excluding hydrogens is 407 g/mol. The number of carbonyl (C=O) groups is 2. The highest BCUT2D eigenvalue weighted by Gasteiger charge is 2.31. The maximum Gasteiger partial charge on any atom is 0.416 e. The number of carboxylic acid groups (broad SMARTS) is 1. The Balaban J connectivity index is 2.07. The molecule has 0 spiro atoms. The molecule has 7 heteroatoms. The van der Waals surface area contributed by atoms with Crippen molar-refractivity contribution in [3.63, 3.8) is 0 Å². The number of fused-ring (bicyclic) bond motifs is 1. The SMILES string of the molecule is CC(C)(NC(=O)c1ccc2ccccc2c1C#Cc1ccc(C(F)(F)F)cc1)C(=O)O. The second-order valence-corrected chi connectivity index (χ2v) is 7.42. The molecule has 0 saturated heterocycles. The molecule has 0 fully saturated rings. The Kier molecular flexibility index (Phi) is 5.76. The van der Waals surface area contributed by atoms with E-state index in [1.54, 1.807) is 24.3 Å². The minimum atomic E-state index is -4.44. The van der Waals surface area contributed by atoms with E-state index in [1.807, 2.05) is 12.1 Å². The third kappa shape index (κ3) is 4.86. The fourth-order valence-corrected chi connectivity index (χ4v) is 2.88. The van der Waals surface area contributed by atoms with Gasteiger partial charge in [-0.2, -0.15) is 13.2 Å². The topological polar surface area (TPSA) is 66.4 Å². The number of rotatable bonds is 3. The minimum absolute atomic E-state index is 0.174. The Labute approximate surface area is 176 Å². The number of aliphatic carboxylic acids is 1. The summed E-state index contributed by atoms with van der Waals surface area (Å²) in [6.45, 7) is 2.73. The van der Waals surface area contributed by atoms with Crippen molar-refractivity contribution in [3.05, 3.63) is 82.9 Å². The van der Waals surface area contributed by atoms with Gasteiger partial charge in [-0.25, -0.2) is 4.79 Å². The number of carboxylic acids is 1. The lowest BCUT2D eigenvalue weighted by Gasteiger charge is -2.21. The van der Waals surface area contributed by atoms with E-state index in [1.165, 1.54) is 26.0 Å². The highest BCUT2D eigenvalue weighted by Crippen LogP contribution is 2.29. The molecule has 2 N–H and O–H groups in total. The molecule has 1 amide bonds. The van der Waals surface area contributed by atoms with Gasteiger partial charge in [0.05, 0.1) is 11.1 Å². The van der Waals surface area contributed by atoms with Crippen molar-refractivity contribution >= 4 is 22.6 Å². The van der Waals surface area contributed by atoms with Gasteiger partial charge in [0.15, 0.2) is 0 Å². The first-order chi connectivity index (χ1) is 14.5. The van der Waals surface area contributed by atoms with Crippen molar-refractivity contribution in [1.82, 2.24) is 5.32 Å². The third-order valence-corrected chi connectivity index (χ3v) is 4.68. The first kappa shape index (κ1) is 21.9. The molecule has 0 saturated carbocycles. The van der Waals surface area contributed by atoms with E-state index < -0.39 is 29.2 Å². The van der Waals surface area contributed by atoms with Gasteiger partial charge in [0.25, 0.3) is 5.91 Å². The number of halogens is 3. The largest absolute Gasteiger partial charge is 0.480 e. The van der Waals surface area contributed by atoms with Gasteiger partial charge in [-0.15, -0.1) is 0 Å². The molecule has 31 heavy (non-hydrogen) atoms. The van der Waals surface area contributed by atoms with Crippen LogP contribution in [0.4, 0.5) is 13.2 Å². The molecule has 0 radical (unpaired) electrons. The van der Waals surface area contributed by atoms with E-state index in [4.69, 9.17) is 0 Å². The summed E-state index contributed by atoms with van der Waals surface area (Å²) in [5.41, 5.74) is -1.40. The van der Waals surface area contributed by atoms with Crippen LogP contribution in [0.2, 0.25) is 0 Å². The van der Waals surface area contributed by atoms with Crippen LogP contribution in [-0.2, 0) is 11.0 Å². The van der Waals surface area contributed by atoms with Crippen LogP contribution in [0.25, 0.3) is 10.8 Å². The molecule has 4 nitrogen and oxygen atoms in total. The number of benzene rings is 3. The predicted octanol–water partition coefficient (Wildman–Crippen LogP) is 4.85. The normalized spacial score (nSPS) is 11.5. The van der Waals surface area contributed by atoms with Crippen LogP contribution in [0.3, 0.4) is 0 Å². The first-order valence-electron chi connectivity index (χ1n) is 9.26. The summed E-state index contributed by atoms with van der Waals surface area (Å²) in [6.07, 6.45) is -4.44. The van der Waals surface area contributed by atoms with Crippen LogP contribution >= 0.6 is 0 Å². The Morgan fingerprint density at radius 2 is 1.55 bits per heavy atom. The fraction of sp³-hybridized carbons (Fsp3) is 0.167. The molecule has 0 aliphatic carbocycles. The fourth-order valence-electron chi connectivity index (χ4n) is 2.88. The molecule has 3 rings (SSSR count). The zero-order valence-corrected chi connectivity index (χ0v) is 16.7. The van der Waals surface area contributed by atoms with E-state index in [-0.39, 0.29) is 5.56 Å². The Morgan fingerprint density at radius 3 is 2.16 bits per heavy atom. The van der Waals surface area contributed by atoms with Gasteiger partial charge < -0.3 is 10.4 Å². The molecule has 0 heterocycles. The molecule has 3 aromatic rings. The highest BCUT2D eigenvalue weighted by atomic mass is 19.4. The van der Waals surface area contributed by atoms with Crippen LogP contribution in [-0.4, -0.2) is 22.5 Å². The zero-order chi connectivity index (χ0) is 22.8. The Morgan fingerprint density at radius 1 is 0.903 bits per heavy atom. The molecule has 0 bridgehead atoms. The van der Waals surface area contributed by atoms with Gasteiger partial charge in [-0.3, -0.25) is 4.79 Å². The maximum atomic E-state index is 12.8. The number of nitrogens with one attached hydrogen (secondary N) is 1. The van der Waals surface area contributed by atoms with E-state index in [9.17, 15) is 27.9 Å². The molecule has 158 valence electrons. The summed E-state index contributed by atoms with van der Waals surface area (Å²) < 4.78 is 38.3. The smallest absolute Gasteiger partial charge is 0.416 e. The maximum absolute atomic E-state index is 12.8. The summed E-state index contributed by atoms with van der Waals surface area (Å²) in [4.78, 5) is 24.2.